The fourth-order valence-corrected chi connectivity index (χ4v) is 11.9. The number of aliphatic hydroxyl groups excluding tert-OH is 1. The SMILES string of the molecule is CC1(C)C[C@@H]2C(=Cc3cccc(CN4O[C@@H]5[C@H]6OC7(Cc8ccccc8C7)O[C@H]6[C@H]6C[C@]5(C(=O)NCCC(=O)NCCO)[C@@H]4C(=O)O6)c3)CCC3O[C@]3(C)CC[C@H]21. The first-order chi connectivity index (χ1) is 27.4. The zero-order valence-electron chi connectivity index (χ0n) is 33.2. The highest BCUT2D eigenvalue weighted by molar-refractivity contribution is 5.94. The molecule has 12 nitrogen and oxygen atoms in total. The summed E-state index contributed by atoms with van der Waals surface area (Å²) in [6.07, 6.45) is 6.78. The van der Waals surface area contributed by atoms with Gasteiger partial charge in [0.25, 0.3) is 0 Å². The molecule has 0 radical (unpaired) electrons. The lowest BCUT2D eigenvalue weighted by molar-refractivity contribution is -0.217. The quantitative estimate of drug-likeness (QED) is 0.251. The number of fused-ring (bicyclic) bond motifs is 7. The van der Waals surface area contributed by atoms with Gasteiger partial charge in [0.15, 0.2) is 11.8 Å². The van der Waals surface area contributed by atoms with Crippen LogP contribution in [-0.2, 0) is 57.6 Å². The minimum atomic E-state index is -1.34. The lowest BCUT2D eigenvalue weighted by atomic mass is 9.52. The number of aliphatic hydroxyl groups is 1. The van der Waals surface area contributed by atoms with Crippen molar-refractivity contribution in [1.29, 1.82) is 0 Å². The number of hydrogen-bond donors (Lipinski definition) is 3. The fraction of sp³-hybridized carbons (Fsp3) is 0.622. The first-order valence-corrected chi connectivity index (χ1v) is 21.1. The highest BCUT2D eigenvalue weighted by Gasteiger charge is 2.76. The number of epoxide rings is 1. The van der Waals surface area contributed by atoms with Gasteiger partial charge in [-0.25, -0.2) is 0 Å². The Morgan fingerprint density at radius 3 is 2.51 bits per heavy atom. The molecule has 1 spiro atoms. The predicted molar refractivity (Wildman–Crippen MR) is 207 cm³/mol. The molecule has 1 unspecified atom stereocenters. The molecule has 12 heteroatoms. The van der Waals surface area contributed by atoms with Gasteiger partial charge in [-0.1, -0.05) is 74.0 Å². The molecule has 57 heavy (non-hydrogen) atoms. The standard InChI is InChI=1S/C45H55N3O9/c1-42(2)23-31-28(11-12-34-43(3,54-34)15-13-32(31)42)20-26-7-6-8-27(19-26)25-48-38-40(51)53-33-24-45(38,41(52)47-16-14-35(50)46-17-18-49)39(57-48)37-36(33)55-44(56-37)21-29-9-4-5-10-30(29)22-44/h4-10,19-20,31-34,36-39,49H,11-18,21-25H2,1-3H3,(H,46,50)(H,47,52)/t31-,32-,33-,34?,36+,37+,38+,39-,43-,45+/m1/s1. The van der Waals surface area contributed by atoms with Crippen molar-refractivity contribution in [2.45, 2.75) is 133 Å². The Morgan fingerprint density at radius 1 is 0.947 bits per heavy atom. The number of nitrogens with zero attached hydrogens (tertiary/aromatic N) is 1. The van der Waals surface area contributed by atoms with Gasteiger partial charge in [0.1, 0.15) is 29.8 Å². The average Bonchev–Trinajstić information content (AvgIpc) is 3.46. The van der Waals surface area contributed by atoms with Gasteiger partial charge in [-0.3, -0.25) is 19.2 Å². The van der Waals surface area contributed by atoms with E-state index in [4.69, 9.17) is 28.9 Å². The van der Waals surface area contributed by atoms with E-state index in [1.165, 1.54) is 18.4 Å². The molecule has 10 atom stereocenters. The van der Waals surface area contributed by atoms with Crippen molar-refractivity contribution >= 4 is 23.9 Å². The molecule has 8 aliphatic rings. The summed E-state index contributed by atoms with van der Waals surface area (Å²) in [5, 5.41) is 16.4. The summed E-state index contributed by atoms with van der Waals surface area (Å²) in [7, 11) is 0. The maximum Gasteiger partial charge on any atom is 0.327 e. The van der Waals surface area contributed by atoms with E-state index >= 15 is 0 Å². The van der Waals surface area contributed by atoms with Crippen LogP contribution in [0.3, 0.4) is 0 Å². The lowest BCUT2D eigenvalue weighted by Gasteiger charge is -2.53. The largest absolute Gasteiger partial charge is 0.458 e. The van der Waals surface area contributed by atoms with Crippen molar-refractivity contribution in [3.63, 3.8) is 0 Å². The monoisotopic (exact) mass is 781 g/mol. The zero-order chi connectivity index (χ0) is 39.3. The highest BCUT2D eigenvalue weighted by atomic mass is 16.8. The van der Waals surface area contributed by atoms with Gasteiger partial charge in [0, 0.05) is 38.8 Å². The van der Waals surface area contributed by atoms with Crippen molar-refractivity contribution in [3.05, 3.63) is 76.4 Å². The van der Waals surface area contributed by atoms with Gasteiger partial charge in [0.05, 0.1) is 24.9 Å². The molecule has 304 valence electrons. The first-order valence-electron chi connectivity index (χ1n) is 21.1. The summed E-state index contributed by atoms with van der Waals surface area (Å²) in [5.74, 6) is -0.941. The van der Waals surface area contributed by atoms with E-state index in [-0.39, 0.29) is 56.5 Å². The Kier molecular flexibility index (Phi) is 9.04. The lowest BCUT2D eigenvalue weighted by Crippen LogP contribution is -2.69. The van der Waals surface area contributed by atoms with Gasteiger partial charge < -0.3 is 34.7 Å². The second kappa shape index (κ2) is 13.7. The van der Waals surface area contributed by atoms with Gasteiger partial charge >= 0.3 is 5.97 Å². The normalized spacial score (nSPS) is 38.4. The van der Waals surface area contributed by atoms with Crippen LogP contribution in [0, 0.1) is 22.7 Å². The summed E-state index contributed by atoms with van der Waals surface area (Å²) in [6.45, 7) is 7.36. The maximum absolute atomic E-state index is 14.6. The number of hydrogen-bond acceptors (Lipinski definition) is 10. The molecular formula is C45H55N3O9. The Labute approximate surface area is 333 Å². The summed E-state index contributed by atoms with van der Waals surface area (Å²) in [6, 6.07) is 15.5. The van der Waals surface area contributed by atoms with Crippen molar-refractivity contribution in [1.82, 2.24) is 15.7 Å². The third-order valence-electron chi connectivity index (χ3n) is 14.8. The summed E-state index contributed by atoms with van der Waals surface area (Å²) < 4.78 is 26.0. The topological polar surface area (TPSA) is 148 Å². The van der Waals surface area contributed by atoms with E-state index in [9.17, 15) is 14.4 Å². The Morgan fingerprint density at radius 2 is 1.74 bits per heavy atom. The van der Waals surface area contributed by atoms with Crippen molar-refractivity contribution in [2.75, 3.05) is 19.7 Å². The molecular weight excluding hydrogens is 727 g/mol. The van der Waals surface area contributed by atoms with E-state index in [1.54, 1.807) is 5.06 Å². The van der Waals surface area contributed by atoms with Gasteiger partial charge in [-0.05, 0) is 78.5 Å². The first kappa shape index (κ1) is 37.6. The molecule has 3 N–H and O–H groups in total. The molecule has 4 heterocycles. The number of esters is 1. The summed E-state index contributed by atoms with van der Waals surface area (Å²) in [5.41, 5.74) is 4.85. The fourth-order valence-electron chi connectivity index (χ4n) is 11.9. The van der Waals surface area contributed by atoms with Gasteiger partial charge in [0.2, 0.25) is 11.8 Å². The molecule has 4 aliphatic heterocycles. The Bertz CT molecular complexity index is 1980. The minimum Gasteiger partial charge on any atom is -0.458 e. The number of benzene rings is 2. The highest BCUT2D eigenvalue weighted by Crippen LogP contribution is 2.61. The van der Waals surface area contributed by atoms with Crippen LogP contribution in [0.5, 0.6) is 0 Å². The number of amides is 2. The van der Waals surface area contributed by atoms with Crippen LogP contribution in [0.15, 0.2) is 54.1 Å². The molecule has 7 fully saturated rings. The number of ether oxygens (including phenoxy) is 4. The van der Waals surface area contributed by atoms with Crippen LogP contribution in [0.25, 0.3) is 6.08 Å². The third kappa shape index (κ3) is 6.28. The number of nitrogens with one attached hydrogen (secondary N) is 2. The van der Waals surface area contributed by atoms with Crippen molar-refractivity contribution < 1.29 is 43.3 Å². The smallest absolute Gasteiger partial charge is 0.327 e. The van der Waals surface area contributed by atoms with Crippen LogP contribution >= 0.6 is 0 Å². The molecule has 2 amide bonds. The number of rotatable bonds is 9. The molecule has 10 rings (SSSR count). The van der Waals surface area contributed by atoms with E-state index < -0.39 is 47.6 Å². The minimum absolute atomic E-state index is 0.0248. The molecule has 2 aromatic carbocycles. The van der Waals surface area contributed by atoms with Gasteiger partial charge in [-0.15, -0.1) is 0 Å². The van der Waals surface area contributed by atoms with E-state index in [0.717, 1.165) is 41.5 Å². The second-order valence-corrected chi connectivity index (χ2v) is 18.9. The summed E-state index contributed by atoms with van der Waals surface area (Å²) in [4.78, 5) is 48.0. The average molecular weight is 782 g/mol. The maximum atomic E-state index is 14.6. The van der Waals surface area contributed by atoms with Gasteiger partial charge in [-0.2, -0.15) is 5.06 Å². The number of carbonyl (C=O) groups excluding carboxylic acids is 3. The van der Waals surface area contributed by atoms with E-state index in [0.29, 0.717) is 36.2 Å². The summed E-state index contributed by atoms with van der Waals surface area (Å²) >= 11 is 0. The van der Waals surface area contributed by atoms with Crippen LogP contribution in [0.1, 0.15) is 88.0 Å². The zero-order valence-corrected chi connectivity index (χ0v) is 33.2. The Balaban J connectivity index is 0.934. The Hall–Kier alpha value is -3.65. The second-order valence-electron chi connectivity index (χ2n) is 18.9. The molecule has 4 aliphatic carbocycles. The third-order valence-corrected chi connectivity index (χ3v) is 14.8. The number of allylic oxidation sites excluding steroid dienone is 1. The molecule has 2 aromatic rings. The van der Waals surface area contributed by atoms with Crippen LogP contribution in [0.4, 0.5) is 0 Å². The molecule has 4 saturated heterocycles. The van der Waals surface area contributed by atoms with Crippen LogP contribution in [-0.4, -0.2) is 95.6 Å². The number of carbonyl (C=O) groups is 3. The van der Waals surface area contributed by atoms with Crippen molar-refractivity contribution in [2.24, 2.45) is 22.7 Å². The van der Waals surface area contributed by atoms with Crippen LogP contribution < -0.4 is 10.6 Å². The van der Waals surface area contributed by atoms with E-state index in [1.807, 2.05) is 24.3 Å². The van der Waals surface area contributed by atoms with E-state index in [2.05, 4.69) is 61.7 Å². The van der Waals surface area contributed by atoms with Crippen LogP contribution in [0.2, 0.25) is 0 Å². The number of hydroxylamine groups is 2. The predicted octanol–water partition coefficient (Wildman–Crippen LogP) is 4.16. The van der Waals surface area contributed by atoms with Crippen molar-refractivity contribution in [3.8, 4) is 0 Å². The molecule has 3 saturated carbocycles. The molecule has 2 bridgehead atoms. The molecule has 0 aromatic heterocycles.